The molecule has 4 heterocycles. The summed E-state index contributed by atoms with van der Waals surface area (Å²) < 4.78 is 22.4. The van der Waals surface area contributed by atoms with Gasteiger partial charge in [-0.05, 0) is 61.2 Å². The maximum absolute atomic E-state index is 14.2. The molecule has 9 nitrogen and oxygen atoms in total. The number of amides is 1. The van der Waals surface area contributed by atoms with Gasteiger partial charge in [-0.1, -0.05) is 66.4 Å². The lowest BCUT2D eigenvalue weighted by Gasteiger charge is -2.23. The van der Waals surface area contributed by atoms with E-state index >= 15 is 0 Å². The zero-order valence-electron chi connectivity index (χ0n) is 24.2. The van der Waals surface area contributed by atoms with Gasteiger partial charge in [0.15, 0.2) is 10.1 Å². The Morgan fingerprint density at radius 1 is 1.09 bits per heavy atom. The minimum Gasteiger partial charge on any atom is -0.505 e. The fraction of sp³-hybridized carbons (Fsp3) is 0.219. The molecule has 0 spiro atoms. The summed E-state index contributed by atoms with van der Waals surface area (Å²) in [4.78, 5) is 33.3. The largest absolute Gasteiger partial charge is 0.505 e. The Kier molecular flexibility index (Phi) is 8.19. The maximum atomic E-state index is 14.2. The second-order valence-corrected chi connectivity index (χ2v) is 12.4. The average molecular weight is 630 g/mol. The summed E-state index contributed by atoms with van der Waals surface area (Å²) >= 11 is 2.39. The van der Waals surface area contributed by atoms with Crippen molar-refractivity contribution in [3.8, 4) is 5.75 Å². The molecule has 1 atom stereocenters. The maximum Gasteiger partial charge on any atom is 0.301 e. The van der Waals surface area contributed by atoms with Gasteiger partial charge in [0, 0.05) is 11.9 Å². The first-order valence-electron chi connectivity index (χ1n) is 14.0. The van der Waals surface area contributed by atoms with Gasteiger partial charge in [-0.3, -0.25) is 14.5 Å². The molecule has 1 N–H and O–H groups in total. The molecule has 6 rings (SSSR count). The number of benzene rings is 2. The third-order valence-electron chi connectivity index (χ3n) is 7.31. The standard InChI is InChI=1S/C32H28FN5O4S2/c1-4-15-42-22-12-7-11-20(16-22)26-24(27(39)25-19(3)37-14-8-9-18(2)29(37)34-25)28(40)30(41)38(26)31-35-36-32(44-31)43-17-21-10-5-6-13-23(21)33/h5-14,16,26,39H,4,15,17H2,1-3H3/b27-24+. The number of carbonyl (C=O) groups excluding carboxylic acids is 2. The van der Waals surface area contributed by atoms with Crippen molar-refractivity contribution in [1.29, 1.82) is 0 Å². The Balaban J connectivity index is 1.45. The van der Waals surface area contributed by atoms with Crippen LogP contribution in [0.3, 0.4) is 0 Å². The lowest BCUT2D eigenvalue weighted by atomic mass is 9.96. The lowest BCUT2D eigenvalue weighted by Crippen LogP contribution is -2.29. The second kappa shape index (κ2) is 12.2. The van der Waals surface area contributed by atoms with Crippen LogP contribution in [0.2, 0.25) is 0 Å². The number of carbonyl (C=O) groups is 2. The molecule has 1 saturated heterocycles. The molecule has 44 heavy (non-hydrogen) atoms. The highest BCUT2D eigenvalue weighted by atomic mass is 32.2. The van der Waals surface area contributed by atoms with Gasteiger partial charge in [0.2, 0.25) is 5.13 Å². The topological polar surface area (TPSA) is 110 Å². The highest BCUT2D eigenvalue weighted by Crippen LogP contribution is 2.45. The van der Waals surface area contributed by atoms with Crippen molar-refractivity contribution in [1.82, 2.24) is 19.6 Å². The number of pyridine rings is 1. The Labute approximate surface area is 261 Å². The number of ketones is 1. The Morgan fingerprint density at radius 3 is 2.68 bits per heavy atom. The van der Waals surface area contributed by atoms with Crippen molar-refractivity contribution < 1.29 is 23.8 Å². The first-order valence-corrected chi connectivity index (χ1v) is 15.8. The lowest BCUT2D eigenvalue weighted by molar-refractivity contribution is -0.132. The fourth-order valence-electron chi connectivity index (χ4n) is 5.13. The summed E-state index contributed by atoms with van der Waals surface area (Å²) in [5, 5.41) is 20.4. The van der Waals surface area contributed by atoms with E-state index in [2.05, 4.69) is 15.2 Å². The number of thioether (sulfide) groups is 1. The average Bonchev–Trinajstić information content (AvgIpc) is 3.70. The number of aliphatic hydroxyl groups is 1. The van der Waals surface area contributed by atoms with E-state index in [1.54, 1.807) is 49.4 Å². The molecule has 224 valence electrons. The highest BCUT2D eigenvalue weighted by molar-refractivity contribution is 8.00. The summed E-state index contributed by atoms with van der Waals surface area (Å²) in [6, 6.07) is 16.3. The normalized spacial score (nSPS) is 16.3. The number of ether oxygens (including phenoxy) is 1. The summed E-state index contributed by atoms with van der Waals surface area (Å²) in [6.45, 7) is 6.18. The third-order valence-corrected chi connectivity index (χ3v) is 9.41. The first-order chi connectivity index (χ1) is 21.3. The number of aryl methyl sites for hydroxylation is 2. The van der Waals surface area contributed by atoms with Crippen LogP contribution in [-0.4, -0.2) is 43.0 Å². The first kappa shape index (κ1) is 29.5. The predicted octanol–water partition coefficient (Wildman–Crippen LogP) is 6.65. The SMILES string of the molecule is CCCOc1cccc(C2/C(=C(\O)c3nc4c(C)cccn4c3C)C(=O)C(=O)N2c2nnc(SCc3ccccc3F)s2)c1. The zero-order chi connectivity index (χ0) is 31.0. The number of rotatable bonds is 9. The van der Waals surface area contributed by atoms with Crippen molar-refractivity contribution >= 4 is 51.3 Å². The van der Waals surface area contributed by atoms with Gasteiger partial charge < -0.3 is 14.2 Å². The summed E-state index contributed by atoms with van der Waals surface area (Å²) in [5.74, 6) is -1.54. The quantitative estimate of drug-likeness (QED) is 0.0635. The fourth-order valence-corrected chi connectivity index (χ4v) is 6.98. The van der Waals surface area contributed by atoms with Crippen LogP contribution in [0.1, 0.15) is 47.5 Å². The number of Topliss-reactive ketones (excluding diaryl/α,β-unsaturated/α-hetero) is 1. The summed E-state index contributed by atoms with van der Waals surface area (Å²) in [6.07, 6.45) is 2.63. The van der Waals surface area contributed by atoms with Crippen LogP contribution in [-0.2, 0) is 15.3 Å². The van der Waals surface area contributed by atoms with Gasteiger partial charge in [0.05, 0.1) is 23.9 Å². The van der Waals surface area contributed by atoms with Gasteiger partial charge in [0.25, 0.3) is 5.78 Å². The number of hydrogen-bond acceptors (Lipinski definition) is 9. The second-order valence-electron chi connectivity index (χ2n) is 10.3. The van der Waals surface area contributed by atoms with Crippen molar-refractivity contribution in [2.75, 3.05) is 11.5 Å². The smallest absolute Gasteiger partial charge is 0.301 e. The number of aromatic nitrogens is 4. The van der Waals surface area contributed by atoms with E-state index in [1.807, 2.05) is 36.6 Å². The third kappa shape index (κ3) is 5.35. The molecule has 1 fully saturated rings. The van der Waals surface area contributed by atoms with Crippen LogP contribution in [0.15, 0.2) is 76.8 Å². The molecule has 0 aliphatic carbocycles. The molecular weight excluding hydrogens is 602 g/mol. The molecule has 5 aromatic rings. The highest BCUT2D eigenvalue weighted by Gasteiger charge is 2.49. The van der Waals surface area contributed by atoms with E-state index in [-0.39, 0.29) is 28.0 Å². The molecule has 1 amide bonds. The molecule has 0 saturated carbocycles. The minimum absolute atomic E-state index is 0.109. The Morgan fingerprint density at radius 2 is 1.91 bits per heavy atom. The van der Waals surface area contributed by atoms with E-state index in [0.717, 1.165) is 23.3 Å². The number of anilines is 1. The number of aliphatic hydroxyl groups excluding tert-OH is 1. The summed E-state index contributed by atoms with van der Waals surface area (Å²) in [7, 11) is 0. The van der Waals surface area contributed by atoms with Crippen LogP contribution >= 0.6 is 23.1 Å². The Bertz CT molecular complexity index is 1930. The van der Waals surface area contributed by atoms with Gasteiger partial charge >= 0.3 is 5.91 Å². The van der Waals surface area contributed by atoms with Gasteiger partial charge in [-0.2, -0.15) is 0 Å². The number of nitrogens with zero attached hydrogens (tertiary/aromatic N) is 5. The molecule has 0 radical (unpaired) electrons. The molecule has 1 aliphatic heterocycles. The van der Waals surface area contributed by atoms with E-state index in [4.69, 9.17) is 4.74 Å². The zero-order valence-corrected chi connectivity index (χ0v) is 25.8. The van der Waals surface area contributed by atoms with Crippen molar-refractivity contribution in [3.63, 3.8) is 0 Å². The molecular formula is C32H28FN5O4S2. The number of hydrogen-bond donors (Lipinski definition) is 1. The van der Waals surface area contributed by atoms with E-state index < -0.39 is 17.7 Å². The monoisotopic (exact) mass is 629 g/mol. The van der Waals surface area contributed by atoms with Crippen LogP contribution in [0.25, 0.3) is 11.4 Å². The molecule has 1 aliphatic rings. The van der Waals surface area contributed by atoms with Crippen molar-refractivity contribution in [3.05, 3.63) is 106 Å². The number of halogens is 1. The Hall–Kier alpha value is -4.55. The van der Waals surface area contributed by atoms with Gasteiger partial charge in [-0.15, -0.1) is 10.2 Å². The van der Waals surface area contributed by atoms with Gasteiger partial charge in [0.1, 0.15) is 22.9 Å². The molecule has 0 bridgehead atoms. The molecule has 2 aromatic carbocycles. The van der Waals surface area contributed by atoms with E-state index in [1.165, 1.54) is 22.7 Å². The van der Waals surface area contributed by atoms with E-state index in [9.17, 15) is 19.1 Å². The number of fused-ring (bicyclic) bond motifs is 1. The molecule has 1 unspecified atom stereocenters. The van der Waals surface area contributed by atoms with Gasteiger partial charge in [-0.25, -0.2) is 9.37 Å². The molecule has 3 aromatic heterocycles. The summed E-state index contributed by atoms with van der Waals surface area (Å²) in [5.41, 5.74) is 3.30. The van der Waals surface area contributed by atoms with Crippen LogP contribution < -0.4 is 9.64 Å². The minimum atomic E-state index is -1.03. The van der Waals surface area contributed by atoms with Crippen LogP contribution in [0.5, 0.6) is 5.75 Å². The molecule has 12 heteroatoms. The predicted molar refractivity (Wildman–Crippen MR) is 168 cm³/mol. The number of imidazole rings is 1. The van der Waals surface area contributed by atoms with Crippen molar-refractivity contribution in [2.24, 2.45) is 0 Å². The van der Waals surface area contributed by atoms with Crippen molar-refractivity contribution in [2.45, 2.75) is 43.3 Å². The van der Waals surface area contributed by atoms with Crippen LogP contribution in [0, 0.1) is 19.7 Å². The van der Waals surface area contributed by atoms with Crippen LogP contribution in [0.4, 0.5) is 9.52 Å². The van der Waals surface area contributed by atoms with E-state index in [0.29, 0.717) is 44.9 Å².